The quantitative estimate of drug-likeness (QED) is 0.881. The fourth-order valence-corrected chi connectivity index (χ4v) is 2.26. The first-order valence-electron chi connectivity index (χ1n) is 6.47. The average molecular weight is 280 g/mol. The highest BCUT2D eigenvalue weighted by Crippen LogP contribution is 2.21. The minimum absolute atomic E-state index is 0.667. The predicted octanol–water partition coefficient (Wildman–Crippen LogP) is 2.20. The Morgan fingerprint density at radius 3 is 2.79 bits per heavy atom. The van der Waals surface area contributed by atoms with Crippen molar-refractivity contribution in [1.82, 2.24) is 25.3 Å². The minimum Gasteiger partial charge on any atom is -0.305 e. The van der Waals surface area contributed by atoms with Crippen LogP contribution in [0.25, 0.3) is 0 Å². The first-order chi connectivity index (χ1) is 9.26. The first-order valence-corrected chi connectivity index (χ1v) is 6.85. The molecule has 0 aromatic carbocycles. The Bertz CT molecular complexity index is 523. The Labute approximate surface area is 118 Å². The number of halogens is 1. The molecule has 2 rings (SSSR count). The molecule has 0 saturated heterocycles. The zero-order valence-electron chi connectivity index (χ0n) is 11.2. The summed E-state index contributed by atoms with van der Waals surface area (Å²) in [5, 5.41) is 16.5. The van der Waals surface area contributed by atoms with Gasteiger partial charge in [-0.15, -0.1) is 0 Å². The monoisotopic (exact) mass is 279 g/mol. The molecular formula is C13H18ClN5. The largest absolute Gasteiger partial charge is 0.305 e. The summed E-state index contributed by atoms with van der Waals surface area (Å²) in [5.41, 5.74) is 2.90. The zero-order chi connectivity index (χ0) is 13.7. The van der Waals surface area contributed by atoms with Gasteiger partial charge in [-0.25, -0.2) is 0 Å². The molecule has 0 aliphatic heterocycles. The third-order valence-electron chi connectivity index (χ3n) is 2.92. The van der Waals surface area contributed by atoms with E-state index in [0.717, 1.165) is 35.1 Å². The van der Waals surface area contributed by atoms with Gasteiger partial charge >= 0.3 is 0 Å². The molecular weight excluding hydrogens is 262 g/mol. The van der Waals surface area contributed by atoms with Gasteiger partial charge in [-0.05, 0) is 25.5 Å². The van der Waals surface area contributed by atoms with Gasteiger partial charge < -0.3 is 5.32 Å². The van der Waals surface area contributed by atoms with E-state index in [2.05, 4.69) is 34.5 Å². The molecule has 2 aromatic rings. The van der Waals surface area contributed by atoms with Crippen molar-refractivity contribution in [3.63, 3.8) is 0 Å². The van der Waals surface area contributed by atoms with Crippen LogP contribution in [0.3, 0.4) is 0 Å². The molecule has 102 valence electrons. The van der Waals surface area contributed by atoms with Crippen LogP contribution in [-0.4, -0.2) is 20.0 Å². The molecule has 1 N–H and O–H groups in total. The van der Waals surface area contributed by atoms with Crippen LogP contribution in [0, 0.1) is 0 Å². The van der Waals surface area contributed by atoms with E-state index in [4.69, 9.17) is 11.6 Å². The van der Waals surface area contributed by atoms with Gasteiger partial charge in [-0.2, -0.15) is 15.3 Å². The number of aryl methyl sites for hydroxylation is 2. The number of nitrogens with zero attached hydrogens (tertiary/aromatic N) is 4. The van der Waals surface area contributed by atoms with Crippen molar-refractivity contribution in [1.29, 1.82) is 0 Å². The van der Waals surface area contributed by atoms with Crippen molar-refractivity contribution in [2.24, 2.45) is 0 Å². The normalized spacial score (nSPS) is 10.9. The molecule has 2 heterocycles. The topological polar surface area (TPSA) is 55.6 Å². The Morgan fingerprint density at radius 2 is 2.16 bits per heavy atom. The lowest BCUT2D eigenvalue weighted by molar-refractivity contribution is 0.573. The van der Waals surface area contributed by atoms with E-state index in [1.54, 1.807) is 6.20 Å². The Morgan fingerprint density at radius 1 is 1.32 bits per heavy atom. The fraction of sp³-hybridized carbons (Fsp3) is 0.462. The fourth-order valence-electron chi connectivity index (χ4n) is 1.92. The van der Waals surface area contributed by atoms with Crippen molar-refractivity contribution in [3.05, 3.63) is 40.4 Å². The molecule has 0 spiro atoms. The van der Waals surface area contributed by atoms with Crippen LogP contribution in [0.4, 0.5) is 0 Å². The Hall–Kier alpha value is -1.46. The van der Waals surface area contributed by atoms with Crippen molar-refractivity contribution >= 4 is 11.6 Å². The van der Waals surface area contributed by atoms with E-state index < -0.39 is 0 Å². The second-order valence-electron chi connectivity index (χ2n) is 4.20. The molecule has 0 bridgehead atoms. The van der Waals surface area contributed by atoms with E-state index in [-0.39, 0.29) is 0 Å². The summed E-state index contributed by atoms with van der Waals surface area (Å²) in [6.07, 6.45) is 2.52. The van der Waals surface area contributed by atoms with E-state index in [0.29, 0.717) is 13.1 Å². The third kappa shape index (κ3) is 3.30. The van der Waals surface area contributed by atoms with Gasteiger partial charge in [0.05, 0.1) is 22.1 Å². The molecule has 19 heavy (non-hydrogen) atoms. The molecule has 0 aliphatic carbocycles. The van der Waals surface area contributed by atoms with Gasteiger partial charge in [-0.1, -0.05) is 18.5 Å². The average Bonchev–Trinajstić information content (AvgIpc) is 2.76. The highest BCUT2D eigenvalue weighted by atomic mass is 35.5. The van der Waals surface area contributed by atoms with Gasteiger partial charge in [0.1, 0.15) is 0 Å². The number of nitrogens with one attached hydrogen (secondary N) is 1. The van der Waals surface area contributed by atoms with Crippen molar-refractivity contribution < 1.29 is 0 Å². The maximum atomic E-state index is 6.34. The summed E-state index contributed by atoms with van der Waals surface area (Å²) in [7, 11) is 0. The van der Waals surface area contributed by atoms with Crippen LogP contribution in [0.15, 0.2) is 18.3 Å². The first kappa shape index (κ1) is 14.0. The summed E-state index contributed by atoms with van der Waals surface area (Å²) in [4.78, 5) is 0. The number of hydrogen-bond donors (Lipinski definition) is 1. The van der Waals surface area contributed by atoms with E-state index in [1.807, 2.05) is 16.8 Å². The smallest absolute Gasteiger partial charge is 0.0863 e. The number of hydrogen-bond acceptors (Lipinski definition) is 4. The summed E-state index contributed by atoms with van der Waals surface area (Å²) < 4.78 is 1.95. The Kier molecular flexibility index (Phi) is 4.87. The van der Waals surface area contributed by atoms with Gasteiger partial charge in [-0.3, -0.25) is 4.68 Å². The SMILES string of the molecule is CCc1nn(CC)c(CNCc2cccnn2)c1Cl. The van der Waals surface area contributed by atoms with Gasteiger partial charge in [0, 0.05) is 25.8 Å². The van der Waals surface area contributed by atoms with Crippen LogP contribution in [0.1, 0.15) is 30.9 Å². The van der Waals surface area contributed by atoms with Crippen LogP contribution in [-0.2, 0) is 26.1 Å². The highest BCUT2D eigenvalue weighted by molar-refractivity contribution is 6.31. The van der Waals surface area contributed by atoms with Gasteiger partial charge in [0.15, 0.2) is 0 Å². The molecule has 0 unspecified atom stereocenters. The maximum absolute atomic E-state index is 6.34. The maximum Gasteiger partial charge on any atom is 0.0863 e. The summed E-state index contributed by atoms with van der Waals surface area (Å²) in [6.45, 7) is 6.29. The lowest BCUT2D eigenvalue weighted by Crippen LogP contribution is -2.17. The molecule has 0 radical (unpaired) electrons. The number of rotatable bonds is 6. The summed E-state index contributed by atoms with van der Waals surface area (Å²) >= 11 is 6.34. The van der Waals surface area contributed by atoms with Crippen molar-refractivity contribution in [2.75, 3.05) is 0 Å². The van der Waals surface area contributed by atoms with Crippen LogP contribution < -0.4 is 5.32 Å². The minimum atomic E-state index is 0.667. The second-order valence-corrected chi connectivity index (χ2v) is 4.57. The van der Waals surface area contributed by atoms with E-state index >= 15 is 0 Å². The standard InChI is InChI=1S/C13H18ClN5/c1-3-11-13(14)12(19(4-2)18-11)9-15-8-10-6-5-7-16-17-10/h5-7,15H,3-4,8-9H2,1-2H3. The van der Waals surface area contributed by atoms with Gasteiger partial charge in [0.25, 0.3) is 0 Å². The lowest BCUT2D eigenvalue weighted by Gasteiger charge is -2.06. The van der Waals surface area contributed by atoms with Crippen molar-refractivity contribution in [2.45, 2.75) is 39.9 Å². The highest BCUT2D eigenvalue weighted by Gasteiger charge is 2.13. The zero-order valence-corrected chi connectivity index (χ0v) is 12.0. The molecule has 0 aliphatic rings. The summed E-state index contributed by atoms with van der Waals surface area (Å²) in [5.74, 6) is 0. The van der Waals surface area contributed by atoms with Crippen LogP contribution in [0.5, 0.6) is 0 Å². The van der Waals surface area contributed by atoms with Crippen molar-refractivity contribution in [3.8, 4) is 0 Å². The predicted molar refractivity (Wildman–Crippen MR) is 74.9 cm³/mol. The van der Waals surface area contributed by atoms with Crippen LogP contribution >= 0.6 is 11.6 Å². The second kappa shape index (κ2) is 6.63. The van der Waals surface area contributed by atoms with E-state index in [1.165, 1.54) is 0 Å². The third-order valence-corrected chi connectivity index (χ3v) is 3.36. The molecule has 0 saturated carbocycles. The van der Waals surface area contributed by atoms with Crippen LogP contribution in [0.2, 0.25) is 5.02 Å². The molecule has 5 nitrogen and oxygen atoms in total. The molecule has 0 fully saturated rings. The molecule has 0 amide bonds. The lowest BCUT2D eigenvalue weighted by atomic mass is 10.3. The summed E-state index contributed by atoms with van der Waals surface area (Å²) in [6, 6.07) is 3.82. The molecule has 0 atom stereocenters. The number of aromatic nitrogens is 4. The Balaban J connectivity index is 2.01. The van der Waals surface area contributed by atoms with Gasteiger partial charge in [0.2, 0.25) is 0 Å². The van der Waals surface area contributed by atoms with E-state index in [9.17, 15) is 0 Å². The molecule has 6 heteroatoms. The molecule has 2 aromatic heterocycles.